The molecule has 2 aliphatic rings. The monoisotopic (exact) mass is 404 g/mol. The molecule has 1 saturated heterocycles. The average Bonchev–Trinajstić information content (AvgIpc) is 3.53. The number of benzene rings is 1. The van der Waals surface area contributed by atoms with Gasteiger partial charge in [0.1, 0.15) is 0 Å². The first-order chi connectivity index (χ1) is 14.1. The summed E-state index contributed by atoms with van der Waals surface area (Å²) >= 11 is 2.09. The zero-order valence-electron chi connectivity index (χ0n) is 17.2. The van der Waals surface area contributed by atoms with E-state index in [0.29, 0.717) is 6.04 Å². The molecule has 0 amide bonds. The van der Waals surface area contributed by atoms with Crippen LogP contribution in [0.25, 0.3) is 21.9 Å². The number of hydrogen-bond acceptors (Lipinski definition) is 5. The minimum Gasteiger partial charge on any atom is -0.382 e. The summed E-state index contributed by atoms with van der Waals surface area (Å²) in [4.78, 5) is 8.93. The summed E-state index contributed by atoms with van der Waals surface area (Å²) < 4.78 is 2.58. The van der Waals surface area contributed by atoms with Crippen molar-refractivity contribution >= 4 is 28.4 Å². The SMILES string of the molecule is Cc1cc(-c2cc(NC3CCN(SC4CC4)CC3)c3cnccc3c2)cc(C)n1. The van der Waals surface area contributed by atoms with Crippen LogP contribution in [0.15, 0.2) is 42.7 Å². The summed E-state index contributed by atoms with van der Waals surface area (Å²) in [6.07, 6.45) is 9.07. The third-order valence-electron chi connectivity index (χ3n) is 5.81. The lowest BCUT2D eigenvalue weighted by molar-refractivity contribution is 0.358. The number of piperidine rings is 1. The molecule has 5 heteroatoms. The second kappa shape index (κ2) is 7.96. The van der Waals surface area contributed by atoms with E-state index in [1.807, 2.05) is 12.4 Å². The van der Waals surface area contributed by atoms with Crippen molar-refractivity contribution in [3.05, 3.63) is 54.1 Å². The van der Waals surface area contributed by atoms with Crippen LogP contribution in [-0.2, 0) is 0 Å². The Morgan fingerprint density at radius 1 is 0.966 bits per heavy atom. The van der Waals surface area contributed by atoms with Gasteiger partial charge in [0.2, 0.25) is 0 Å². The first-order valence-electron chi connectivity index (χ1n) is 10.7. The van der Waals surface area contributed by atoms with Crippen LogP contribution in [0, 0.1) is 13.8 Å². The van der Waals surface area contributed by atoms with Crippen molar-refractivity contribution in [3.63, 3.8) is 0 Å². The van der Waals surface area contributed by atoms with E-state index in [1.165, 1.54) is 66.4 Å². The molecule has 150 valence electrons. The van der Waals surface area contributed by atoms with Gasteiger partial charge in [-0.3, -0.25) is 14.3 Å². The standard InChI is InChI=1S/C24H28N4S/c1-16-11-19(12-17(2)26-16)20-13-18-5-8-25-15-23(18)24(14-20)27-21-6-9-28(10-7-21)29-22-3-4-22/h5,8,11-15,21-22,27H,3-4,6-7,9-10H2,1-2H3. The van der Waals surface area contributed by atoms with E-state index in [1.54, 1.807) is 0 Å². The van der Waals surface area contributed by atoms with Gasteiger partial charge < -0.3 is 5.32 Å². The first kappa shape index (κ1) is 18.9. The molecule has 5 rings (SSSR count). The fourth-order valence-electron chi connectivity index (χ4n) is 4.20. The number of aryl methyl sites for hydroxylation is 2. The molecule has 1 N–H and O–H groups in total. The zero-order chi connectivity index (χ0) is 19.8. The molecular formula is C24H28N4S. The number of anilines is 1. The Morgan fingerprint density at radius 2 is 1.69 bits per heavy atom. The van der Waals surface area contributed by atoms with Gasteiger partial charge in [-0.15, -0.1) is 0 Å². The molecule has 3 aromatic rings. The lowest BCUT2D eigenvalue weighted by Crippen LogP contribution is -2.35. The van der Waals surface area contributed by atoms with Gasteiger partial charge in [0.25, 0.3) is 0 Å². The van der Waals surface area contributed by atoms with Crippen molar-refractivity contribution in [2.45, 2.75) is 50.8 Å². The van der Waals surface area contributed by atoms with Gasteiger partial charge >= 0.3 is 0 Å². The van der Waals surface area contributed by atoms with Gasteiger partial charge in [-0.05, 0) is 86.4 Å². The number of nitrogens with one attached hydrogen (secondary N) is 1. The van der Waals surface area contributed by atoms with Crippen molar-refractivity contribution in [1.82, 2.24) is 14.3 Å². The van der Waals surface area contributed by atoms with Crippen LogP contribution >= 0.6 is 11.9 Å². The highest BCUT2D eigenvalue weighted by Gasteiger charge is 2.28. The van der Waals surface area contributed by atoms with E-state index in [4.69, 9.17) is 0 Å². The lowest BCUT2D eigenvalue weighted by atomic mass is 9.99. The van der Waals surface area contributed by atoms with E-state index in [0.717, 1.165) is 16.6 Å². The van der Waals surface area contributed by atoms with Gasteiger partial charge in [-0.1, -0.05) is 11.9 Å². The van der Waals surface area contributed by atoms with Gasteiger partial charge in [0, 0.05) is 59.2 Å². The molecule has 0 atom stereocenters. The Labute approximate surface area is 177 Å². The van der Waals surface area contributed by atoms with Gasteiger partial charge in [-0.25, -0.2) is 0 Å². The highest BCUT2D eigenvalue weighted by molar-refractivity contribution is 7.97. The van der Waals surface area contributed by atoms with Crippen molar-refractivity contribution in [2.75, 3.05) is 18.4 Å². The lowest BCUT2D eigenvalue weighted by Gasteiger charge is -2.32. The van der Waals surface area contributed by atoms with E-state index in [2.05, 4.69) is 75.7 Å². The molecule has 0 unspecified atom stereocenters. The number of nitrogens with zero attached hydrogens (tertiary/aromatic N) is 3. The topological polar surface area (TPSA) is 41.0 Å². The summed E-state index contributed by atoms with van der Waals surface area (Å²) in [5, 5.41) is 7.20. The number of pyridine rings is 2. The molecule has 3 heterocycles. The predicted octanol–water partition coefficient (Wildman–Crippen LogP) is 5.60. The van der Waals surface area contributed by atoms with Crippen LogP contribution in [0.4, 0.5) is 5.69 Å². The highest BCUT2D eigenvalue weighted by Crippen LogP contribution is 2.38. The number of hydrogen-bond donors (Lipinski definition) is 1. The normalized spacial score (nSPS) is 18.3. The third kappa shape index (κ3) is 4.41. The second-order valence-electron chi connectivity index (χ2n) is 8.41. The molecule has 2 aromatic heterocycles. The summed E-state index contributed by atoms with van der Waals surface area (Å²) in [7, 11) is 0. The molecule has 1 aliphatic carbocycles. The summed E-state index contributed by atoms with van der Waals surface area (Å²) in [6.45, 7) is 6.48. The van der Waals surface area contributed by atoms with E-state index < -0.39 is 0 Å². The average molecular weight is 405 g/mol. The number of fused-ring (bicyclic) bond motifs is 1. The molecule has 1 aromatic carbocycles. The maximum atomic E-state index is 4.54. The van der Waals surface area contributed by atoms with Crippen LogP contribution in [0.2, 0.25) is 0 Å². The number of aromatic nitrogens is 2. The Bertz CT molecular complexity index is 1000. The van der Waals surface area contributed by atoms with Crippen LogP contribution < -0.4 is 5.32 Å². The van der Waals surface area contributed by atoms with Crippen molar-refractivity contribution < 1.29 is 0 Å². The fraction of sp³-hybridized carbons (Fsp3) is 0.417. The second-order valence-corrected chi connectivity index (χ2v) is 9.81. The van der Waals surface area contributed by atoms with Gasteiger partial charge in [0.05, 0.1) is 0 Å². The molecule has 0 bridgehead atoms. The molecule has 0 radical (unpaired) electrons. The third-order valence-corrected chi connectivity index (χ3v) is 7.24. The number of rotatable bonds is 5. The van der Waals surface area contributed by atoms with Crippen LogP contribution in [-0.4, -0.2) is 38.7 Å². The van der Waals surface area contributed by atoms with Crippen molar-refractivity contribution in [1.29, 1.82) is 0 Å². The largest absolute Gasteiger partial charge is 0.382 e. The summed E-state index contributed by atoms with van der Waals surface area (Å²) in [5.74, 6) is 0. The molecule has 0 spiro atoms. The van der Waals surface area contributed by atoms with E-state index >= 15 is 0 Å². The highest BCUT2D eigenvalue weighted by atomic mass is 32.2. The zero-order valence-corrected chi connectivity index (χ0v) is 18.0. The molecule has 2 fully saturated rings. The minimum atomic E-state index is 0.519. The Morgan fingerprint density at radius 3 is 2.41 bits per heavy atom. The maximum Gasteiger partial charge on any atom is 0.0443 e. The summed E-state index contributed by atoms with van der Waals surface area (Å²) in [6, 6.07) is 11.5. The Kier molecular flexibility index (Phi) is 5.18. The van der Waals surface area contributed by atoms with Gasteiger partial charge in [-0.2, -0.15) is 0 Å². The smallest absolute Gasteiger partial charge is 0.0443 e. The Hall–Kier alpha value is -2.11. The Balaban J connectivity index is 1.41. The van der Waals surface area contributed by atoms with E-state index in [-0.39, 0.29) is 0 Å². The van der Waals surface area contributed by atoms with Crippen LogP contribution in [0.3, 0.4) is 0 Å². The molecular weight excluding hydrogens is 376 g/mol. The minimum absolute atomic E-state index is 0.519. The molecule has 1 aliphatic heterocycles. The maximum absolute atomic E-state index is 4.54. The van der Waals surface area contributed by atoms with Crippen molar-refractivity contribution in [3.8, 4) is 11.1 Å². The summed E-state index contributed by atoms with van der Waals surface area (Å²) in [5.41, 5.74) is 5.79. The molecule has 4 nitrogen and oxygen atoms in total. The first-order valence-corrected chi connectivity index (χ1v) is 11.5. The van der Waals surface area contributed by atoms with E-state index in [9.17, 15) is 0 Å². The molecule has 29 heavy (non-hydrogen) atoms. The quantitative estimate of drug-likeness (QED) is 0.561. The fourth-order valence-corrected chi connectivity index (χ4v) is 5.39. The van der Waals surface area contributed by atoms with Crippen molar-refractivity contribution in [2.24, 2.45) is 0 Å². The predicted molar refractivity (Wildman–Crippen MR) is 123 cm³/mol. The van der Waals surface area contributed by atoms with Crippen LogP contribution in [0.5, 0.6) is 0 Å². The van der Waals surface area contributed by atoms with Crippen LogP contribution in [0.1, 0.15) is 37.1 Å². The molecule has 1 saturated carbocycles. The van der Waals surface area contributed by atoms with Gasteiger partial charge in [0.15, 0.2) is 0 Å².